The molecule has 1 aromatic heterocycles. The van der Waals surface area contributed by atoms with E-state index in [0.717, 1.165) is 16.7 Å². The van der Waals surface area contributed by atoms with Crippen molar-refractivity contribution in [2.24, 2.45) is 0 Å². The van der Waals surface area contributed by atoms with Crippen LogP contribution in [0.3, 0.4) is 0 Å². The summed E-state index contributed by atoms with van der Waals surface area (Å²) in [4.78, 5) is 28.6. The Bertz CT molecular complexity index is 1350. The molecule has 3 aromatic carbocycles. The van der Waals surface area contributed by atoms with Crippen LogP contribution in [0, 0.1) is 6.92 Å². The van der Waals surface area contributed by atoms with E-state index in [4.69, 9.17) is 9.15 Å². The summed E-state index contributed by atoms with van der Waals surface area (Å²) >= 11 is 0. The van der Waals surface area contributed by atoms with Crippen LogP contribution >= 0.6 is 0 Å². The van der Waals surface area contributed by atoms with Crippen LogP contribution in [-0.4, -0.2) is 17.9 Å². The fourth-order valence-corrected chi connectivity index (χ4v) is 4.18. The maximum absolute atomic E-state index is 13.5. The molecule has 1 aliphatic rings. The van der Waals surface area contributed by atoms with Crippen molar-refractivity contribution in [1.82, 2.24) is 4.90 Å². The summed E-state index contributed by atoms with van der Waals surface area (Å²) in [5, 5.41) is 0.471. The second-order valence-electron chi connectivity index (χ2n) is 7.77. The van der Waals surface area contributed by atoms with Gasteiger partial charge in [-0.15, -0.1) is 0 Å². The first-order valence-corrected chi connectivity index (χ1v) is 10.1. The molecule has 5 rings (SSSR count). The zero-order valence-electron chi connectivity index (χ0n) is 17.3. The summed E-state index contributed by atoms with van der Waals surface area (Å²) in [6.45, 7) is 2.38. The normalized spacial score (nSPS) is 15.4. The van der Waals surface area contributed by atoms with Gasteiger partial charge in [0.15, 0.2) is 5.43 Å². The molecule has 0 saturated carbocycles. The van der Waals surface area contributed by atoms with Crippen molar-refractivity contribution in [3.63, 3.8) is 0 Å². The summed E-state index contributed by atoms with van der Waals surface area (Å²) < 4.78 is 11.4. The summed E-state index contributed by atoms with van der Waals surface area (Å²) in [6, 6.07) is 22.0. The van der Waals surface area contributed by atoms with Crippen LogP contribution in [0.1, 0.15) is 38.9 Å². The molecule has 0 aliphatic carbocycles. The summed E-state index contributed by atoms with van der Waals surface area (Å²) in [5.41, 5.74) is 3.56. The minimum Gasteiger partial charge on any atom is -0.497 e. The molecule has 31 heavy (non-hydrogen) atoms. The van der Waals surface area contributed by atoms with Gasteiger partial charge in [-0.05, 0) is 42.3 Å². The first-order valence-electron chi connectivity index (χ1n) is 10.1. The van der Waals surface area contributed by atoms with Gasteiger partial charge in [-0.1, -0.05) is 54.1 Å². The summed E-state index contributed by atoms with van der Waals surface area (Å²) in [5.74, 6) is 0.494. The van der Waals surface area contributed by atoms with Crippen molar-refractivity contribution in [2.45, 2.75) is 19.5 Å². The van der Waals surface area contributed by atoms with E-state index < -0.39 is 6.04 Å². The molecule has 0 radical (unpaired) electrons. The van der Waals surface area contributed by atoms with Crippen molar-refractivity contribution in [1.29, 1.82) is 0 Å². The highest BCUT2D eigenvalue weighted by Crippen LogP contribution is 2.39. The molecule has 0 saturated heterocycles. The largest absolute Gasteiger partial charge is 0.497 e. The van der Waals surface area contributed by atoms with Crippen LogP contribution in [0.2, 0.25) is 0 Å². The smallest absolute Gasteiger partial charge is 0.291 e. The van der Waals surface area contributed by atoms with Crippen LogP contribution in [0.15, 0.2) is 82.0 Å². The number of carbonyl (C=O) groups excluding carboxylic acids is 1. The van der Waals surface area contributed by atoms with Gasteiger partial charge in [0.1, 0.15) is 11.3 Å². The molecule has 154 valence electrons. The number of ether oxygens (including phenoxy) is 1. The van der Waals surface area contributed by atoms with Gasteiger partial charge < -0.3 is 14.1 Å². The van der Waals surface area contributed by atoms with E-state index in [2.05, 4.69) is 0 Å². The third kappa shape index (κ3) is 3.19. The average molecular weight is 411 g/mol. The number of hydrogen-bond donors (Lipinski definition) is 0. The first-order chi connectivity index (χ1) is 15.1. The number of carbonyl (C=O) groups is 1. The van der Waals surface area contributed by atoms with E-state index in [1.807, 2.05) is 55.5 Å². The SMILES string of the molecule is COc1cccc(C2c3c(oc4ccccc4c3=O)C(=O)N2Cc2ccc(C)cc2)c1. The standard InChI is InChI=1S/C26H21NO4/c1-16-10-12-17(13-11-16)15-27-23(18-6-5-7-19(14-18)30-2)22-24(28)20-8-3-4-9-21(20)31-25(22)26(27)29/h3-14,23H,15H2,1-2H3. The Morgan fingerprint density at radius 3 is 2.52 bits per heavy atom. The number of benzene rings is 3. The molecular formula is C26H21NO4. The average Bonchev–Trinajstić information content (AvgIpc) is 3.07. The van der Waals surface area contributed by atoms with Gasteiger partial charge >= 0.3 is 0 Å². The van der Waals surface area contributed by atoms with Gasteiger partial charge in [-0.3, -0.25) is 9.59 Å². The number of aryl methyl sites for hydroxylation is 1. The number of rotatable bonds is 4. The molecule has 0 fully saturated rings. The van der Waals surface area contributed by atoms with Crippen LogP contribution in [0.25, 0.3) is 11.0 Å². The number of fused-ring (bicyclic) bond motifs is 2. The van der Waals surface area contributed by atoms with E-state index in [0.29, 0.717) is 28.8 Å². The lowest BCUT2D eigenvalue weighted by molar-refractivity contribution is 0.0714. The lowest BCUT2D eigenvalue weighted by Gasteiger charge is -2.25. The molecule has 4 aromatic rings. The van der Waals surface area contributed by atoms with E-state index in [-0.39, 0.29) is 17.1 Å². The topological polar surface area (TPSA) is 59.8 Å². The Kier molecular flexibility index (Phi) is 4.59. The highest BCUT2D eigenvalue weighted by atomic mass is 16.5. The molecular weight excluding hydrogens is 390 g/mol. The van der Waals surface area contributed by atoms with Crippen LogP contribution < -0.4 is 10.2 Å². The second kappa shape index (κ2) is 7.43. The number of amides is 1. The molecule has 5 heteroatoms. The molecule has 1 atom stereocenters. The zero-order chi connectivity index (χ0) is 21.5. The van der Waals surface area contributed by atoms with E-state index in [1.165, 1.54) is 0 Å². The van der Waals surface area contributed by atoms with E-state index >= 15 is 0 Å². The zero-order valence-corrected chi connectivity index (χ0v) is 17.3. The summed E-state index contributed by atoms with van der Waals surface area (Å²) in [7, 11) is 1.60. The molecule has 2 heterocycles. The van der Waals surface area contributed by atoms with Crippen LogP contribution in [0.5, 0.6) is 5.75 Å². The molecule has 0 N–H and O–H groups in total. The van der Waals surface area contributed by atoms with Gasteiger partial charge in [-0.2, -0.15) is 0 Å². The Morgan fingerprint density at radius 1 is 0.968 bits per heavy atom. The van der Waals surface area contributed by atoms with E-state index in [1.54, 1.807) is 36.3 Å². The number of nitrogens with zero attached hydrogens (tertiary/aromatic N) is 1. The Morgan fingerprint density at radius 2 is 1.74 bits per heavy atom. The minimum absolute atomic E-state index is 0.114. The van der Waals surface area contributed by atoms with E-state index in [9.17, 15) is 9.59 Å². The molecule has 0 spiro atoms. The van der Waals surface area contributed by atoms with Crippen molar-refractivity contribution >= 4 is 16.9 Å². The first kappa shape index (κ1) is 19.1. The van der Waals surface area contributed by atoms with Crippen LogP contribution in [-0.2, 0) is 6.54 Å². The minimum atomic E-state index is -0.556. The predicted molar refractivity (Wildman–Crippen MR) is 118 cm³/mol. The fourth-order valence-electron chi connectivity index (χ4n) is 4.18. The van der Waals surface area contributed by atoms with Gasteiger partial charge in [0.2, 0.25) is 5.76 Å². The second-order valence-corrected chi connectivity index (χ2v) is 7.77. The quantitative estimate of drug-likeness (QED) is 0.481. The number of hydrogen-bond acceptors (Lipinski definition) is 4. The van der Waals surface area contributed by atoms with Gasteiger partial charge in [0.25, 0.3) is 5.91 Å². The highest BCUT2D eigenvalue weighted by Gasteiger charge is 2.42. The van der Waals surface area contributed by atoms with Gasteiger partial charge in [-0.25, -0.2) is 0 Å². The summed E-state index contributed by atoms with van der Waals surface area (Å²) in [6.07, 6.45) is 0. The third-order valence-electron chi connectivity index (χ3n) is 5.76. The lowest BCUT2D eigenvalue weighted by Crippen LogP contribution is -2.29. The Balaban J connectivity index is 1.71. The predicted octanol–water partition coefficient (Wildman–Crippen LogP) is 4.86. The maximum Gasteiger partial charge on any atom is 0.291 e. The van der Waals surface area contributed by atoms with Crippen molar-refractivity contribution in [2.75, 3.05) is 7.11 Å². The van der Waals surface area contributed by atoms with Gasteiger partial charge in [0.05, 0.1) is 24.1 Å². The highest BCUT2D eigenvalue weighted by molar-refractivity contribution is 5.99. The van der Waals surface area contributed by atoms with Gasteiger partial charge in [0, 0.05) is 6.54 Å². The molecule has 0 bridgehead atoms. The van der Waals surface area contributed by atoms with Crippen LogP contribution in [0.4, 0.5) is 0 Å². The number of methoxy groups -OCH3 is 1. The lowest BCUT2D eigenvalue weighted by atomic mass is 9.98. The Hall–Kier alpha value is -3.86. The fraction of sp³-hybridized carbons (Fsp3) is 0.154. The third-order valence-corrected chi connectivity index (χ3v) is 5.76. The molecule has 5 nitrogen and oxygen atoms in total. The monoisotopic (exact) mass is 411 g/mol. The molecule has 1 aliphatic heterocycles. The molecule has 1 unspecified atom stereocenters. The van der Waals surface area contributed by atoms with Crippen molar-refractivity contribution < 1.29 is 13.9 Å². The molecule has 1 amide bonds. The van der Waals surface area contributed by atoms with Crippen molar-refractivity contribution in [3.8, 4) is 5.75 Å². The maximum atomic E-state index is 13.5. The number of para-hydroxylation sites is 1. The Labute approximate surface area is 179 Å². The van der Waals surface area contributed by atoms with Crippen molar-refractivity contribution in [3.05, 3.63) is 111 Å².